The Balaban J connectivity index is 0.795. The van der Waals surface area contributed by atoms with Gasteiger partial charge in [-0.1, -0.05) is 85.3 Å². The number of aromatic nitrogens is 2. The zero-order chi connectivity index (χ0) is 73.1. The first-order chi connectivity index (χ1) is 49.2. The fourth-order valence-electron chi connectivity index (χ4n) is 11.7. The predicted molar refractivity (Wildman–Crippen MR) is 392 cm³/mol. The molecule has 26 heteroatoms. The second kappa shape index (κ2) is 38.7. The average molecular weight is 1410 g/mol. The molecule has 1 saturated heterocycles. The number of rotatable bonds is 37. The van der Waals surface area contributed by atoms with E-state index in [0.29, 0.717) is 60.1 Å². The number of aryl methyl sites for hydroxylation is 2. The summed E-state index contributed by atoms with van der Waals surface area (Å²) in [7, 11) is 4.94. The van der Waals surface area contributed by atoms with Gasteiger partial charge in [0.05, 0.1) is 76.0 Å². The molecule has 0 radical (unpaired) electrons. The van der Waals surface area contributed by atoms with Crippen molar-refractivity contribution in [1.29, 1.82) is 5.26 Å². The smallest absolute Gasteiger partial charge is 0.330 e. The summed E-state index contributed by atoms with van der Waals surface area (Å²) in [5.41, 5.74) is 3.82. The van der Waals surface area contributed by atoms with E-state index in [1.54, 1.807) is 45.4 Å². The minimum atomic E-state index is -1.80. The molecule has 3 N–H and O–H groups in total. The second-order valence-corrected chi connectivity index (χ2v) is 26.4. The Hall–Kier alpha value is -9.98. The Morgan fingerprint density at radius 2 is 1.39 bits per heavy atom. The molecule has 538 valence electrons. The number of nitrogens with zero attached hydrogens (tertiary/aromatic N) is 9. The van der Waals surface area contributed by atoms with Crippen molar-refractivity contribution >= 4 is 54.5 Å². The number of nitrogens with one attached hydrogen (secondary N) is 3. The van der Waals surface area contributed by atoms with Gasteiger partial charge in [-0.05, 0) is 156 Å². The van der Waals surface area contributed by atoms with E-state index in [4.69, 9.17) is 32.7 Å². The van der Waals surface area contributed by atoms with Gasteiger partial charge in [0.15, 0.2) is 5.69 Å². The van der Waals surface area contributed by atoms with Crippen LogP contribution in [-0.2, 0) is 33.7 Å². The zero-order valence-corrected chi connectivity index (χ0v) is 60.4. The van der Waals surface area contributed by atoms with Gasteiger partial charge in [0.1, 0.15) is 46.4 Å². The van der Waals surface area contributed by atoms with Crippen LogP contribution in [0, 0.1) is 47.1 Å². The maximum atomic E-state index is 13.8. The van der Waals surface area contributed by atoms with Crippen LogP contribution in [0.1, 0.15) is 132 Å². The van der Waals surface area contributed by atoms with Crippen LogP contribution in [0.15, 0.2) is 170 Å². The zero-order valence-electron chi connectivity index (χ0n) is 59.6. The summed E-state index contributed by atoms with van der Waals surface area (Å²) in [6, 6.07) is 43.1. The quantitative estimate of drug-likeness (QED) is 0.00620. The Kier molecular flexibility index (Phi) is 29.5. The maximum absolute atomic E-state index is 13.8. The van der Waals surface area contributed by atoms with Gasteiger partial charge >= 0.3 is 5.69 Å². The van der Waals surface area contributed by atoms with Gasteiger partial charge < -0.3 is 48.3 Å². The van der Waals surface area contributed by atoms with Crippen LogP contribution in [0.4, 0.5) is 34.1 Å². The molecule has 2 amide bonds. The van der Waals surface area contributed by atoms with E-state index < -0.39 is 48.7 Å². The topological polar surface area (TPSA) is 301 Å². The van der Waals surface area contributed by atoms with E-state index in [-0.39, 0.29) is 79.9 Å². The van der Waals surface area contributed by atoms with Crippen LogP contribution in [0.2, 0.25) is 0 Å². The number of methoxy groups -OCH3 is 3. The number of nitriles is 1. The van der Waals surface area contributed by atoms with Gasteiger partial charge in [0, 0.05) is 75.5 Å². The lowest BCUT2D eigenvalue weighted by molar-refractivity contribution is -0.384. The normalized spacial score (nSPS) is 14.8. The molecule has 6 aromatic carbocycles. The van der Waals surface area contributed by atoms with Crippen LogP contribution < -0.4 is 41.0 Å². The number of benzene rings is 6. The molecule has 1 aliphatic rings. The maximum Gasteiger partial charge on any atom is 0.330 e. The summed E-state index contributed by atoms with van der Waals surface area (Å²) >= 11 is 0. The van der Waals surface area contributed by atoms with E-state index in [1.807, 2.05) is 145 Å². The number of azo groups is 2. The molecule has 0 saturated carbocycles. The number of hydrogen-bond donors (Lipinski definition) is 3. The van der Waals surface area contributed by atoms with Crippen LogP contribution in [0.5, 0.6) is 17.2 Å². The number of hydrogen-bond acceptors (Lipinski definition) is 20. The molecule has 0 aliphatic carbocycles. The van der Waals surface area contributed by atoms with Crippen molar-refractivity contribution < 1.29 is 47.2 Å². The van der Waals surface area contributed by atoms with Gasteiger partial charge in [-0.25, -0.2) is 9.46 Å². The van der Waals surface area contributed by atoms with Crippen molar-refractivity contribution in [1.82, 2.24) is 24.9 Å². The number of unbranched alkanes of at least 4 members (excludes halogenated alkanes) is 4. The minimum absolute atomic E-state index is 0.0104. The largest absolute Gasteiger partial charge is 0.497 e. The number of H-pyrrole nitrogens is 1. The third kappa shape index (κ3) is 21.5. The molecule has 1 fully saturated rings. The van der Waals surface area contributed by atoms with E-state index in [1.165, 1.54) is 23.9 Å². The average Bonchev–Trinajstić information content (AvgIpc) is 0.960. The Bertz CT molecular complexity index is 4160. The second-order valence-electron chi connectivity index (χ2n) is 25.0. The standard InChI is InChI=1S/C76H91N12O13P/c1-52(2)87(53(3)4)102(99-45-21-41-77)101-69-49-73(100-70(69)51-98-76(57-23-14-11-15-24-57,58-28-36-62(95-8)37-29-58)59-30-38-63(96-9)39-31-59)86-50-56(74(91)80-75(86)92)22-20-43-79-72(90)25-16-12-18-42-78-71(89)26-17-13-19-44-85(7)61-34-32-60(33-35-61)81-84-66-47-55(6)65(48-68(66)97-10)83-82-64-40-27-54(5)46-67(64)88(93)94/h11,14-15,23-24,27-40,46-48,50,52-53,69-70,73H,12-13,16-19,21,25-26,42-45,49,51H2,1-10H3,(H,78,89)(H,79,90)(H,80,91,92)/t69-,70+,73+,102?/m0/s1. The highest BCUT2D eigenvalue weighted by molar-refractivity contribution is 7.44. The van der Waals surface area contributed by atoms with Gasteiger partial charge in [-0.3, -0.25) is 34.0 Å². The number of nitro groups is 1. The SMILES string of the molecule is COc1ccc(C(OC[C@H]2O[C@@H](n3cc(C#CCNC(=O)CCCCCNC(=O)CCCCCN(C)c4ccc(N=Nc5cc(C)c(N=Nc6ccc(C)cc6[N+](=O)[O-])cc5OC)cc4)c(=O)[nH]c3=O)C[C@@H]2OP(OCCC#N)N(C(C)C)C(C)C)(c2ccccc2)c2ccc(OC)cc2)cc1. The molecule has 102 heavy (non-hydrogen) atoms. The number of amides is 2. The summed E-state index contributed by atoms with van der Waals surface area (Å²) in [4.78, 5) is 68.3. The van der Waals surface area contributed by atoms with E-state index in [2.05, 4.69) is 63.6 Å². The minimum Gasteiger partial charge on any atom is -0.497 e. The fraction of sp³-hybridized carbons (Fsp3) is 0.408. The van der Waals surface area contributed by atoms with E-state index in [9.17, 15) is 34.6 Å². The highest BCUT2D eigenvalue weighted by Crippen LogP contribution is 2.51. The molecule has 0 bridgehead atoms. The lowest BCUT2D eigenvalue weighted by Gasteiger charge is -2.39. The molecule has 1 aromatic heterocycles. The Morgan fingerprint density at radius 3 is 2.02 bits per heavy atom. The summed E-state index contributed by atoms with van der Waals surface area (Å²) in [5, 5.41) is 44.1. The van der Waals surface area contributed by atoms with Crippen LogP contribution in [0.25, 0.3) is 0 Å². The van der Waals surface area contributed by atoms with Crippen LogP contribution in [-0.4, -0.2) is 116 Å². The molecular weight excluding hydrogens is 1320 g/mol. The van der Waals surface area contributed by atoms with Crippen molar-refractivity contribution in [3.05, 3.63) is 204 Å². The Morgan fingerprint density at radius 1 is 0.765 bits per heavy atom. The van der Waals surface area contributed by atoms with Crippen LogP contribution in [0.3, 0.4) is 0 Å². The molecular formula is C76H91N12O13P. The number of nitro benzene ring substituents is 1. The monoisotopic (exact) mass is 1410 g/mol. The molecule has 7 aromatic rings. The van der Waals surface area contributed by atoms with Gasteiger partial charge in [-0.15, -0.1) is 15.3 Å². The van der Waals surface area contributed by atoms with E-state index >= 15 is 0 Å². The first kappa shape index (κ1) is 77.8. The van der Waals surface area contributed by atoms with Crippen molar-refractivity contribution in [2.45, 2.75) is 142 Å². The van der Waals surface area contributed by atoms with Gasteiger partial charge in [0.2, 0.25) is 11.8 Å². The predicted octanol–water partition coefficient (Wildman–Crippen LogP) is 14.7. The fourth-order valence-corrected chi connectivity index (χ4v) is 13.5. The third-order valence-electron chi connectivity index (χ3n) is 17.0. The van der Waals surface area contributed by atoms with Gasteiger partial charge in [0.25, 0.3) is 19.8 Å². The molecule has 1 unspecified atom stereocenters. The highest BCUT2D eigenvalue weighted by atomic mass is 31.2. The summed E-state index contributed by atoms with van der Waals surface area (Å²) in [5.74, 6) is 7.20. The Labute approximate surface area is 596 Å². The molecule has 25 nitrogen and oxygen atoms in total. The lowest BCUT2D eigenvalue weighted by atomic mass is 9.80. The van der Waals surface area contributed by atoms with Gasteiger partial charge in [-0.2, -0.15) is 10.4 Å². The summed E-state index contributed by atoms with van der Waals surface area (Å²) in [6.45, 7) is 13.1. The number of anilines is 1. The molecule has 4 atom stereocenters. The van der Waals surface area contributed by atoms with Crippen molar-refractivity contribution in [2.24, 2.45) is 20.5 Å². The summed E-state index contributed by atoms with van der Waals surface area (Å²) < 4.78 is 47.7. The molecule has 1 aliphatic heterocycles. The molecule has 0 spiro atoms. The highest BCUT2D eigenvalue weighted by Gasteiger charge is 2.45. The van der Waals surface area contributed by atoms with Crippen molar-refractivity contribution in [2.75, 3.05) is 66.1 Å². The first-order valence-corrected chi connectivity index (χ1v) is 35.2. The number of carbonyl (C=O) groups excluding carboxylic acids is 2. The van der Waals surface area contributed by atoms with E-state index in [0.717, 1.165) is 65.7 Å². The molecule has 8 rings (SSSR count). The van der Waals surface area contributed by atoms with Crippen molar-refractivity contribution in [3.8, 4) is 35.2 Å². The van der Waals surface area contributed by atoms with Crippen molar-refractivity contribution in [3.63, 3.8) is 0 Å². The lowest BCUT2D eigenvalue weighted by Crippen LogP contribution is -2.39. The first-order valence-electron chi connectivity index (χ1n) is 34.1. The number of ether oxygens (including phenoxy) is 5. The molecule has 2 heterocycles. The third-order valence-corrected chi connectivity index (χ3v) is 19.2. The number of aromatic amines is 1. The summed E-state index contributed by atoms with van der Waals surface area (Å²) in [6.07, 6.45) is 4.31. The number of carbonyl (C=O) groups is 2. The van der Waals surface area contributed by atoms with Crippen LogP contribution >= 0.6 is 8.53 Å².